The molecule has 0 atom stereocenters. The first-order chi connectivity index (χ1) is 7.42. The zero-order chi connectivity index (χ0) is 12.2. The summed E-state index contributed by atoms with van der Waals surface area (Å²) in [5.41, 5.74) is 0.505. The molecule has 0 saturated carbocycles. The third-order valence-electron chi connectivity index (χ3n) is 4.04. The molecule has 1 saturated heterocycles. The van der Waals surface area contributed by atoms with Gasteiger partial charge in [0.2, 0.25) is 0 Å². The Kier molecular flexibility index (Phi) is 5.36. The van der Waals surface area contributed by atoms with Gasteiger partial charge in [0, 0.05) is 0 Å². The molecule has 0 aromatic rings. The second kappa shape index (κ2) is 6.09. The van der Waals surface area contributed by atoms with Crippen LogP contribution in [0.5, 0.6) is 0 Å². The average molecular weight is 221 g/mol. The fourth-order valence-corrected chi connectivity index (χ4v) is 3.34. The van der Waals surface area contributed by atoms with Crippen molar-refractivity contribution < 1.29 is 0 Å². The predicted octanol–water partition coefficient (Wildman–Crippen LogP) is 3.63. The minimum atomic E-state index is 0.505. The van der Waals surface area contributed by atoms with Crippen LogP contribution in [-0.4, -0.2) is 25.9 Å². The van der Waals surface area contributed by atoms with E-state index >= 15 is 0 Å². The fourth-order valence-electron chi connectivity index (χ4n) is 3.34. The lowest BCUT2D eigenvalue weighted by Gasteiger charge is -2.38. The molecule has 0 unspecified atom stereocenters. The molecule has 1 aliphatic rings. The van der Waals surface area contributed by atoms with E-state index in [4.69, 9.17) is 7.98 Å². The third kappa shape index (κ3) is 4.49. The van der Waals surface area contributed by atoms with Crippen molar-refractivity contribution in [2.24, 2.45) is 17.3 Å². The number of hydrogen-bond donors (Lipinski definition) is 0. The monoisotopic (exact) mass is 221 g/mol. The van der Waals surface area contributed by atoms with Crippen molar-refractivity contribution >= 4 is 7.98 Å². The van der Waals surface area contributed by atoms with Crippen LogP contribution in [0, 0.1) is 17.3 Å². The van der Waals surface area contributed by atoms with Gasteiger partial charge in [0.15, 0.2) is 7.98 Å². The van der Waals surface area contributed by atoms with Crippen LogP contribution in [0.15, 0.2) is 0 Å². The molecule has 16 heavy (non-hydrogen) atoms. The van der Waals surface area contributed by atoms with Gasteiger partial charge in [-0.2, -0.15) is 0 Å². The molecule has 0 spiro atoms. The Morgan fingerprint density at radius 2 is 1.69 bits per heavy atom. The zero-order valence-electron chi connectivity index (χ0n) is 11.6. The Morgan fingerprint density at radius 1 is 1.19 bits per heavy atom. The number of hydrogen-bond acceptors (Lipinski definition) is 1. The molecule has 1 nitrogen and oxygen atoms in total. The summed E-state index contributed by atoms with van der Waals surface area (Å²) in [5, 5.41) is 0. The lowest BCUT2D eigenvalue weighted by molar-refractivity contribution is 0.134. The molecular formula is C14H28BN. The summed E-state index contributed by atoms with van der Waals surface area (Å²) in [6.45, 7) is 11.8. The normalized spacial score (nSPS) is 22.1. The molecular weight excluding hydrogens is 193 g/mol. The van der Waals surface area contributed by atoms with Crippen molar-refractivity contribution in [2.45, 2.75) is 59.8 Å². The first-order valence-corrected chi connectivity index (χ1v) is 6.91. The summed E-state index contributed by atoms with van der Waals surface area (Å²) < 4.78 is 0. The highest BCUT2D eigenvalue weighted by Crippen LogP contribution is 2.39. The first-order valence-electron chi connectivity index (χ1n) is 6.91. The van der Waals surface area contributed by atoms with E-state index in [1.54, 1.807) is 0 Å². The molecule has 2 radical (unpaired) electrons. The molecule has 0 aromatic heterocycles. The Hall–Kier alpha value is 0.0249. The summed E-state index contributed by atoms with van der Waals surface area (Å²) >= 11 is 0. The molecule has 1 heterocycles. The van der Waals surface area contributed by atoms with Crippen LogP contribution >= 0.6 is 0 Å². The molecule has 0 amide bonds. The lowest BCUT2D eigenvalue weighted by atomic mass is 9.69. The molecule has 0 aromatic carbocycles. The smallest absolute Gasteiger partial charge is 0.182 e. The second-order valence-corrected chi connectivity index (χ2v) is 6.60. The van der Waals surface area contributed by atoms with Gasteiger partial charge in [-0.1, -0.05) is 27.7 Å². The summed E-state index contributed by atoms with van der Waals surface area (Å²) in [5.74, 6) is 1.70. The molecule has 0 N–H and O–H groups in total. The Morgan fingerprint density at radius 3 is 2.12 bits per heavy atom. The standard InChI is InChI=1S/C14H28BN/c1-12(2)11-14(3,4)13-7-5-9-16(15)10-6-8-13/h12-13H,5-11H2,1-4H3. The van der Waals surface area contributed by atoms with E-state index in [2.05, 4.69) is 27.7 Å². The van der Waals surface area contributed by atoms with Crippen LogP contribution in [0.3, 0.4) is 0 Å². The van der Waals surface area contributed by atoms with E-state index in [1.807, 2.05) is 4.81 Å². The molecule has 1 fully saturated rings. The lowest BCUT2D eigenvalue weighted by Crippen LogP contribution is -2.31. The van der Waals surface area contributed by atoms with Crippen molar-refractivity contribution in [3.63, 3.8) is 0 Å². The van der Waals surface area contributed by atoms with Crippen LogP contribution in [0.4, 0.5) is 0 Å². The predicted molar refractivity (Wildman–Crippen MR) is 72.5 cm³/mol. The van der Waals surface area contributed by atoms with Crippen LogP contribution < -0.4 is 0 Å². The van der Waals surface area contributed by atoms with Gasteiger partial charge in [0.25, 0.3) is 0 Å². The van der Waals surface area contributed by atoms with Crippen molar-refractivity contribution in [1.82, 2.24) is 4.81 Å². The van der Waals surface area contributed by atoms with Crippen molar-refractivity contribution in [3.8, 4) is 0 Å². The zero-order valence-corrected chi connectivity index (χ0v) is 11.6. The van der Waals surface area contributed by atoms with E-state index in [0.29, 0.717) is 5.41 Å². The van der Waals surface area contributed by atoms with E-state index in [9.17, 15) is 0 Å². The quantitative estimate of drug-likeness (QED) is 0.658. The van der Waals surface area contributed by atoms with Crippen molar-refractivity contribution in [1.29, 1.82) is 0 Å². The van der Waals surface area contributed by atoms with Gasteiger partial charge in [0.05, 0.1) is 0 Å². The van der Waals surface area contributed by atoms with Crippen molar-refractivity contribution in [2.75, 3.05) is 13.1 Å². The molecule has 1 rings (SSSR count). The highest BCUT2D eigenvalue weighted by Gasteiger charge is 2.30. The molecule has 92 valence electrons. The minimum Gasteiger partial charge on any atom is -0.353 e. The molecule has 0 aliphatic carbocycles. The largest absolute Gasteiger partial charge is 0.353 e. The number of nitrogens with zero attached hydrogens (tertiary/aromatic N) is 1. The van der Waals surface area contributed by atoms with Crippen LogP contribution in [-0.2, 0) is 0 Å². The maximum absolute atomic E-state index is 5.87. The summed E-state index contributed by atoms with van der Waals surface area (Å²) in [7, 11) is 5.87. The van der Waals surface area contributed by atoms with Gasteiger partial charge in [-0.05, 0) is 62.4 Å². The van der Waals surface area contributed by atoms with Gasteiger partial charge in [0.1, 0.15) is 0 Å². The Balaban J connectivity index is 2.50. The average Bonchev–Trinajstić information content (AvgIpc) is 2.08. The van der Waals surface area contributed by atoms with Gasteiger partial charge in [-0.3, -0.25) is 0 Å². The Bertz CT molecular complexity index is 191. The number of rotatable bonds is 3. The van der Waals surface area contributed by atoms with Crippen LogP contribution in [0.1, 0.15) is 59.8 Å². The van der Waals surface area contributed by atoms with Crippen LogP contribution in [0.2, 0.25) is 0 Å². The minimum absolute atomic E-state index is 0.505. The highest BCUT2D eigenvalue weighted by atomic mass is 15.0. The fraction of sp³-hybridized carbons (Fsp3) is 1.00. The highest BCUT2D eigenvalue weighted by molar-refractivity contribution is 6.04. The van der Waals surface area contributed by atoms with E-state index in [1.165, 1.54) is 32.1 Å². The third-order valence-corrected chi connectivity index (χ3v) is 4.04. The van der Waals surface area contributed by atoms with E-state index in [0.717, 1.165) is 24.9 Å². The van der Waals surface area contributed by atoms with Gasteiger partial charge in [-0.25, -0.2) is 0 Å². The summed E-state index contributed by atoms with van der Waals surface area (Å²) in [6, 6.07) is 0. The maximum atomic E-state index is 5.87. The summed E-state index contributed by atoms with van der Waals surface area (Å²) in [6.07, 6.45) is 6.59. The maximum Gasteiger partial charge on any atom is 0.182 e. The molecule has 2 heteroatoms. The van der Waals surface area contributed by atoms with Gasteiger partial charge < -0.3 is 4.81 Å². The second-order valence-electron chi connectivity index (χ2n) is 6.60. The van der Waals surface area contributed by atoms with Crippen LogP contribution in [0.25, 0.3) is 0 Å². The summed E-state index contributed by atoms with van der Waals surface area (Å²) in [4.78, 5) is 1.99. The van der Waals surface area contributed by atoms with E-state index in [-0.39, 0.29) is 0 Å². The van der Waals surface area contributed by atoms with Gasteiger partial charge >= 0.3 is 0 Å². The van der Waals surface area contributed by atoms with Crippen molar-refractivity contribution in [3.05, 3.63) is 0 Å². The first kappa shape index (κ1) is 14.1. The SMILES string of the molecule is [B]N1CCCC(C(C)(C)CC(C)C)CCC1. The van der Waals surface area contributed by atoms with Gasteiger partial charge in [-0.15, -0.1) is 0 Å². The molecule has 1 aliphatic heterocycles. The topological polar surface area (TPSA) is 3.24 Å². The molecule has 0 bridgehead atoms. The van der Waals surface area contributed by atoms with E-state index < -0.39 is 0 Å². The Labute approximate surface area is 103 Å².